The number of carbonyl (C=O) groups excluding carboxylic acids is 1. The maximum atomic E-state index is 13.4. The third-order valence-corrected chi connectivity index (χ3v) is 6.91. The number of rotatable bonds is 5. The van der Waals surface area contributed by atoms with Gasteiger partial charge in [-0.2, -0.15) is 18.3 Å². The fourth-order valence-electron chi connectivity index (χ4n) is 4.54. The second-order valence-electron chi connectivity index (χ2n) is 8.23. The molecule has 0 spiro atoms. The topological polar surface area (TPSA) is 62.2 Å². The van der Waals surface area contributed by atoms with Crippen molar-refractivity contribution in [2.24, 2.45) is 0 Å². The third kappa shape index (κ3) is 4.72. The Morgan fingerprint density at radius 1 is 1.27 bits per heavy atom. The van der Waals surface area contributed by atoms with Crippen molar-refractivity contribution in [2.45, 2.75) is 44.9 Å². The average Bonchev–Trinajstić information content (AvgIpc) is 3.39. The number of alkyl halides is 3. The van der Waals surface area contributed by atoms with E-state index in [4.69, 9.17) is 23.2 Å². The molecule has 2 atom stereocenters. The number of aromatic nitrogens is 2. The highest BCUT2D eigenvalue weighted by Gasteiger charge is 2.40. The monoisotopic (exact) mass is 501 g/mol. The number of nitrogens with zero attached hydrogens (tertiary/aromatic N) is 3. The van der Waals surface area contributed by atoms with Crippen LogP contribution in [-0.4, -0.2) is 46.3 Å². The van der Waals surface area contributed by atoms with Crippen LogP contribution in [0, 0.1) is 0 Å². The van der Waals surface area contributed by atoms with E-state index in [0.717, 1.165) is 32.0 Å². The van der Waals surface area contributed by atoms with Crippen LogP contribution in [0.4, 0.5) is 19.0 Å². The molecule has 1 aromatic heterocycles. The van der Waals surface area contributed by atoms with Crippen molar-refractivity contribution in [3.05, 3.63) is 56.8 Å². The summed E-state index contributed by atoms with van der Waals surface area (Å²) in [5.41, 5.74) is 0.181. The molecule has 1 fully saturated rings. The number of hydrogen-bond donors (Lipinski definition) is 2. The number of amides is 1. The van der Waals surface area contributed by atoms with Gasteiger partial charge in [0.2, 0.25) is 0 Å². The molecule has 2 N–H and O–H groups in total. The zero-order valence-corrected chi connectivity index (χ0v) is 19.7. The highest BCUT2D eigenvalue weighted by atomic mass is 35.5. The first-order chi connectivity index (χ1) is 15.6. The van der Waals surface area contributed by atoms with Gasteiger partial charge in [-0.05, 0) is 50.6 Å². The molecule has 2 aliphatic heterocycles. The molecule has 0 aliphatic carbocycles. The van der Waals surface area contributed by atoms with Crippen molar-refractivity contribution < 1.29 is 18.0 Å². The maximum Gasteiger partial charge on any atom is 0.435 e. The number of fused-ring (bicyclic) bond motifs is 1. The summed E-state index contributed by atoms with van der Waals surface area (Å²) in [6.45, 7) is 6.08. The van der Waals surface area contributed by atoms with Gasteiger partial charge in [0.25, 0.3) is 5.91 Å². The van der Waals surface area contributed by atoms with E-state index in [-0.39, 0.29) is 28.4 Å². The summed E-state index contributed by atoms with van der Waals surface area (Å²) in [5.74, 6) is -0.228. The standard InChI is InChI=1S/C22H24Cl2F3N5O/c1-3-31-8-4-5-14(31)11-28-21(33)19-12(2)29-18-10-17(22(25,26)27)30-32(18)20(19)13-6-7-15(23)16(24)9-13/h6-7,9-10,14,20,29H,3-5,8,11H2,1-2H3,(H,28,33)/t14-,20?/m0/s1. The van der Waals surface area contributed by atoms with E-state index in [1.165, 1.54) is 4.68 Å². The third-order valence-electron chi connectivity index (χ3n) is 6.17. The Bertz CT molecular complexity index is 1100. The fraction of sp³-hybridized carbons (Fsp3) is 0.455. The SMILES string of the molecule is CCN1CCC[C@H]1CNC(=O)C1=C(C)Nc2cc(C(F)(F)F)nn2C1c1ccc(Cl)c(Cl)c1. The molecular formula is C22H24Cl2F3N5O. The predicted molar refractivity (Wildman–Crippen MR) is 121 cm³/mol. The molecule has 1 unspecified atom stereocenters. The number of likely N-dealkylation sites (N-methyl/N-ethyl adjacent to an activating group) is 1. The zero-order chi connectivity index (χ0) is 23.9. The van der Waals surface area contributed by atoms with Gasteiger partial charge in [0.05, 0.1) is 15.6 Å². The minimum atomic E-state index is -4.63. The molecule has 1 saturated heterocycles. The number of carbonyl (C=O) groups is 1. The number of benzene rings is 1. The van der Waals surface area contributed by atoms with Crippen molar-refractivity contribution in [2.75, 3.05) is 25.0 Å². The van der Waals surface area contributed by atoms with Crippen LogP contribution in [0.5, 0.6) is 0 Å². The van der Waals surface area contributed by atoms with Crippen molar-refractivity contribution in [1.29, 1.82) is 0 Å². The molecule has 33 heavy (non-hydrogen) atoms. The molecule has 1 aromatic carbocycles. The number of anilines is 1. The second-order valence-corrected chi connectivity index (χ2v) is 9.05. The lowest BCUT2D eigenvalue weighted by molar-refractivity contribution is -0.141. The number of allylic oxidation sites excluding steroid dienone is 1. The molecule has 0 bridgehead atoms. The van der Waals surface area contributed by atoms with E-state index in [1.54, 1.807) is 25.1 Å². The first-order valence-corrected chi connectivity index (χ1v) is 11.5. The number of likely N-dealkylation sites (tertiary alicyclic amines) is 1. The molecule has 0 radical (unpaired) electrons. The molecule has 6 nitrogen and oxygen atoms in total. The van der Waals surface area contributed by atoms with Crippen LogP contribution < -0.4 is 10.6 Å². The van der Waals surface area contributed by atoms with E-state index < -0.39 is 17.9 Å². The van der Waals surface area contributed by atoms with E-state index >= 15 is 0 Å². The van der Waals surface area contributed by atoms with E-state index in [9.17, 15) is 18.0 Å². The molecule has 2 aliphatic rings. The fourth-order valence-corrected chi connectivity index (χ4v) is 4.85. The summed E-state index contributed by atoms with van der Waals surface area (Å²) in [6.07, 6.45) is -2.57. The van der Waals surface area contributed by atoms with Gasteiger partial charge in [0.15, 0.2) is 5.69 Å². The number of hydrogen-bond acceptors (Lipinski definition) is 4. The van der Waals surface area contributed by atoms with Crippen LogP contribution in [0.1, 0.15) is 44.0 Å². The largest absolute Gasteiger partial charge is 0.435 e. The Morgan fingerprint density at radius 3 is 2.70 bits per heavy atom. The second kappa shape index (κ2) is 9.19. The Kier molecular flexibility index (Phi) is 6.66. The van der Waals surface area contributed by atoms with Gasteiger partial charge in [-0.15, -0.1) is 0 Å². The van der Waals surface area contributed by atoms with E-state index in [0.29, 0.717) is 22.8 Å². The molecule has 1 amide bonds. The molecule has 0 saturated carbocycles. The highest BCUT2D eigenvalue weighted by molar-refractivity contribution is 6.42. The van der Waals surface area contributed by atoms with Crippen LogP contribution in [0.25, 0.3) is 0 Å². The molecule has 11 heteroatoms. The van der Waals surface area contributed by atoms with Crippen molar-refractivity contribution in [3.8, 4) is 0 Å². The van der Waals surface area contributed by atoms with Gasteiger partial charge in [0.1, 0.15) is 11.9 Å². The van der Waals surface area contributed by atoms with Crippen LogP contribution in [0.15, 0.2) is 35.5 Å². The molecule has 178 valence electrons. The van der Waals surface area contributed by atoms with E-state index in [1.807, 2.05) is 0 Å². The van der Waals surface area contributed by atoms with Crippen LogP contribution in [0.3, 0.4) is 0 Å². The van der Waals surface area contributed by atoms with Gasteiger partial charge in [-0.25, -0.2) is 4.68 Å². The van der Waals surface area contributed by atoms with Crippen LogP contribution >= 0.6 is 23.2 Å². The van der Waals surface area contributed by atoms with E-state index in [2.05, 4.69) is 27.6 Å². The smallest absolute Gasteiger partial charge is 0.351 e. The molecule has 2 aromatic rings. The average molecular weight is 502 g/mol. The van der Waals surface area contributed by atoms with Gasteiger partial charge < -0.3 is 10.6 Å². The first-order valence-electron chi connectivity index (χ1n) is 10.7. The zero-order valence-electron chi connectivity index (χ0n) is 18.1. The summed E-state index contributed by atoms with van der Waals surface area (Å²) in [7, 11) is 0. The lowest BCUT2D eigenvalue weighted by Crippen LogP contribution is -2.42. The summed E-state index contributed by atoms with van der Waals surface area (Å²) in [4.78, 5) is 15.7. The van der Waals surface area contributed by atoms with Crippen molar-refractivity contribution >= 4 is 34.9 Å². The Morgan fingerprint density at radius 2 is 2.03 bits per heavy atom. The summed E-state index contributed by atoms with van der Waals surface area (Å²) in [6, 6.07) is 5.00. The molecule has 4 rings (SSSR count). The van der Waals surface area contributed by atoms with Gasteiger partial charge in [-0.1, -0.05) is 36.2 Å². The Hall–Kier alpha value is -2.23. The number of halogens is 5. The summed E-state index contributed by atoms with van der Waals surface area (Å²) < 4.78 is 41.4. The highest BCUT2D eigenvalue weighted by Crippen LogP contribution is 2.40. The first kappa shape index (κ1) is 23.9. The lowest BCUT2D eigenvalue weighted by atomic mass is 9.94. The minimum Gasteiger partial charge on any atom is -0.351 e. The minimum absolute atomic E-state index is 0.139. The summed E-state index contributed by atoms with van der Waals surface area (Å²) in [5, 5.41) is 10.2. The lowest BCUT2D eigenvalue weighted by Gasteiger charge is -2.30. The van der Waals surface area contributed by atoms with Crippen molar-refractivity contribution in [3.63, 3.8) is 0 Å². The predicted octanol–water partition coefficient (Wildman–Crippen LogP) is 5.10. The molecular weight excluding hydrogens is 478 g/mol. The van der Waals surface area contributed by atoms with Crippen LogP contribution in [-0.2, 0) is 11.0 Å². The molecule has 3 heterocycles. The number of nitrogens with one attached hydrogen (secondary N) is 2. The maximum absolute atomic E-state index is 13.4. The Balaban J connectivity index is 1.71. The quantitative estimate of drug-likeness (QED) is 0.598. The van der Waals surface area contributed by atoms with Gasteiger partial charge >= 0.3 is 6.18 Å². The van der Waals surface area contributed by atoms with Gasteiger partial charge in [0, 0.05) is 24.4 Å². The van der Waals surface area contributed by atoms with Gasteiger partial charge in [-0.3, -0.25) is 9.69 Å². The van der Waals surface area contributed by atoms with Crippen LogP contribution in [0.2, 0.25) is 10.0 Å². The normalized spacial score (nSPS) is 21.2. The Labute approximate surface area is 199 Å². The van der Waals surface area contributed by atoms with Crippen molar-refractivity contribution in [1.82, 2.24) is 20.0 Å². The summed E-state index contributed by atoms with van der Waals surface area (Å²) >= 11 is 12.3.